The zero-order valence-electron chi connectivity index (χ0n) is 10.6. The minimum absolute atomic E-state index is 0.179. The first-order valence-electron chi connectivity index (χ1n) is 5.97. The maximum atomic E-state index is 11.8. The van der Waals surface area contributed by atoms with Crippen LogP contribution in [0.3, 0.4) is 0 Å². The van der Waals surface area contributed by atoms with Crippen molar-refractivity contribution in [3.05, 3.63) is 35.9 Å². The number of hydrogen-bond acceptors (Lipinski definition) is 2. The molecule has 0 aromatic heterocycles. The van der Waals surface area contributed by atoms with Crippen LogP contribution in [0.25, 0.3) is 0 Å². The molecule has 0 aliphatic carbocycles. The number of likely N-dealkylation sites (tertiary alicyclic amines) is 1. The highest BCUT2D eigenvalue weighted by atomic mass is 19.4. The lowest BCUT2D eigenvalue weighted by atomic mass is 10.2. The molecular formula is C13H14F3NO3. The highest BCUT2D eigenvalue weighted by Gasteiger charge is 2.38. The minimum atomic E-state index is -5.08. The van der Waals surface area contributed by atoms with E-state index in [1.54, 1.807) is 0 Å². The van der Waals surface area contributed by atoms with Crippen LogP contribution in [-0.4, -0.2) is 41.1 Å². The van der Waals surface area contributed by atoms with Crippen LogP contribution < -0.4 is 0 Å². The second kappa shape index (κ2) is 6.93. The number of rotatable bonds is 1. The van der Waals surface area contributed by atoms with Gasteiger partial charge in [0, 0.05) is 18.7 Å². The van der Waals surface area contributed by atoms with Gasteiger partial charge in [0.2, 0.25) is 0 Å². The quantitative estimate of drug-likeness (QED) is 0.864. The average Bonchev–Trinajstić information content (AvgIpc) is 2.92. The fourth-order valence-corrected chi connectivity index (χ4v) is 1.68. The first-order chi connectivity index (χ1) is 9.32. The van der Waals surface area contributed by atoms with Crippen LogP contribution in [0.1, 0.15) is 23.2 Å². The lowest BCUT2D eigenvalue weighted by Gasteiger charge is -2.14. The van der Waals surface area contributed by atoms with Gasteiger partial charge in [-0.3, -0.25) is 4.79 Å². The number of hydrogen-bond donors (Lipinski definition) is 1. The van der Waals surface area contributed by atoms with Gasteiger partial charge >= 0.3 is 12.1 Å². The highest BCUT2D eigenvalue weighted by Crippen LogP contribution is 2.13. The van der Waals surface area contributed by atoms with Crippen molar-refractivity contribution >= 4 is 11.9 Å². The first-order valence-corrected chi connectivity index (χ1v) is 5.97. The number of carboxylic acids is 1. The van der Waals surface area contributed by atoms with E-state index < -0.39 is 12.1 Å². The average molecular weight is 289 g/mol. The Hall–Kier alpha value is -2.05. The number of amides is 1. The minimum Gasteiger partial charge on any atom is -0.475 e. The molecule has 0 radical (unpaired) electrons. The Morgan fingerprint density at radius 3 is 1.90 bits per heavy atom. The molecule has 0 unspecified atom stereocenters. The van der Waals surface area contributed by atoms with E-state index in [2.05, 4.69) is 0 Å². The van der Waals surface area contributed by atoms with Gasteiger partial charge in [-0.15, -0.1) is 0 Å². The molecule has 2 rings (SSSR count). The topological polar surface area (TPSA) is 57.6 Å². The summed E-state index contributed by atoms with van der Waals surface area (Å²) in [5.74, 6) is -2.58. The van der Waals surface area contributed by atoms with E-state index in [1.807, 2.05) is 35.2 Å². The van der Waals surface area contributed by atoms with E-state index in [0.717, 1.165) is 31.5 Å². The summed E-state index contributed by atoms with van der Waals surface area (Å²) < 4.78 is 31.7. The largest absolute Gasteiger partial charge is 0.490 e. The molecular weight excluding hydrogens is 275 g/mol. The summed E-state index contributed by atoms with van der Waals surface area (Å²) >= 11 is 0. The summed E-state index contributed by atoms with van der Waals surface area (Å²) in [7, 11) is 0. The summed E-state index contributed by atoms with van der Waals surface area (Å²) in [6, 6.07) is 9.49. The Bertz CT molecular complexity index is 454. The molecule has 0 saturated carbocycles. The predicted octanol–water partition coefficient (Wildman–Crippen LogP) is 2.56. The molecule has 20 heavy (non-hydrogen) atoms. The lowest BCUT2D eigenvalue weighted by molar-refractivity contribution is -0.192. The first kappa shape index (κ1) is 16.0. The molecule has 4 nitrogen and oxygen atoms in total. The molecule has 1 aromatic rings. The molecule has 1 amide bonds. The van der Waals surface area contributed by atoms with Gasteiger partial charge in [0.1, 0.15) is 0 Å². The van der Waals surface area contributed by atoms with Crippen molar-refractivity contribution in [2.24, 2.45) is 0 Å². The van der Waals surface area contributed by atoms with Crippen molar-refractivity contribution in [1.29, 1.82) is 0 Å². The molecule has 1 fully saturated rings. The van der Waals surface area contributed by atoms with Crippen LogP contribution in [-0.2, 0) is 4.79 Å². The molecule has 1 aliphatic heterocycles. The number of aliphatic carboxylic acids is 1. The van der Waals surface area contributed by atoms with Crippen molar-refractivity contribution in [1.82, 2.24) is 4.90 Å². The molecule has 0 atom stereocenters. The van der Waals surface area contributed by atoms with Gasteiger partial charge in [-0.2, -0.15) is 13.2 Å². The second-order valence-electron chi connectivity index (χ2n) is 4.17. The summed E-state index contributed by atoms with van der Waals surface area (Å²) in [6.45, 7) is 1.85. The third-order valence-electron chi connectivity index (χ3n) is 2.66. The SMILES string of the molecule is O=C(O)C(F)(F)F.O=C(c1ccccc1)N1CCCC1. The molecule has 1 aromatic carbocycles. The van der Waals surface area contributed by atoms with Crippen molar-refractivity contribution < 1.29 is 27.9 Å². The molecule has 7 heteroatoms. The number of halogens is 3. The Labute approximate surface area is 113 Å². The highest BCUT2D eigenvalue weighted by molar-refractivity contribution is 5.94. The van der Waals surface area contributed by atoms with Crippen LogP contribution in [0.4, 0.5) is 13.2 Å². The fourth-order valence-electron chi connectivity index (χ4n) is 1.68. The maximum absolute atomic E-state index is 11.8. The van der Waals surface area contributed by atoms with Crippen LogP contribution in [0, 0.1) is 0 Å². The monoisotopic (exact) mass is 289 g/mol. The summed E-state index contributed by atoms with van der Waals surface area (Å²) in [5, 5.41) is 7.12. The Kier molecular flexibility index (Phi) is 5.54. The van der Waals surface area contributed by atoms with Gasteiger partial charge in [-0.25, -0.2) is 4.79 Å². The lowest BCUT2D eigenvalue weighted by Crippen LogP contribution is -2.27. The van der Waals surface area contributed by atoms with E-state index in [9.17, 15) is 18.0 Å². The van der Waals surface area contributed by atoms with Crippen LogP contribution in [0.2, 0.25) is 0 Å². The van der Waals surface area contributed by atoms with Crippen LogP contribution in [0.5, 0.6) is 0 Å². The smallest absolute Gasteiger partial charge is 0.475 e. The Balaban J connectivity index is 0.000000246. The maximum Gasteiger partial charge on any atom is 0.490 e. The Morgan fingerprint density at radius 2 is 1.50 bits per heavy atom. The third kappa shape index (κ3) is 4.91. The number of carbonyl (C=O) groups excluding carboxylic acids is 1. The fraction of sp³-hybridized carbons (Fsp3) is 0.385. The normalized spacial score (nSPS) is 14.4. The summed E-state index contributed by atoms with van der Waals surface area (Å²) in [4.78, 5) is 22.6. The number of carboxylic acid groups (broad SMARTS) is 1. The van der Waals surface area contributed by atoms with Crippen molar-refractivity contribution in [2.45, 2.75) is 19.0 Å². The van der Waals surface area contributed by atoms with E-state index in [1.165, 1.54) is 0 Å². The molecule has 1 saturated heterocycles. The molecule has 1 heterocycles. The zero-order valence-corrected chi connectivity index (χ0v) is 10.6. The van der Waals surface area contributed by atoms with Crippen molar-refractivity contribution in [3.8, 4) is 0 Å². The van der Waals surface area contributed by atoms with Gasteiger partial charge in [0.15, 0.2) is 0 Å². The van der Waals surface area contributed by atoms with E-state index in [4.69, 9.17) is 9.90 Å². The standard InChI is InChI=1S/C11H13NO.C2HF3O2/c13-11(12-8-4-5-9-12)10-6-2-1-3-7-10;3-2(4,5)1(6)7/h1-3,6-7H,4-5,8-9H2;(H,6,7). The summed E-state index contributed by atoms with van der Waals surface area (Å²) in [6.07, 6.45) is -2.78. The number of alkyl halides is 3. The zero-order chi connectivity index (χ0) is 15.2. The summed E-state index contributed by atoms with van der Waals surface area (Å²) in [5.41, 5.74) is 0.810. The van der Waals surface area contributed by atoms with E-state index in [0.29, 0.717) is 0 Å². The number of carbonyl (C=O) groups is 2. The van der Waals surface area contributed by atoms with Crippen LogP contribution in [0.15, 0.2) is 30.3 Å². The van der Waals surface area contributed by atoms with Crippen LogP contribution >= 0.6 is 0 Å². The molecule has 110 valence electrons. The molecule has 0 spiro atoms. The molecule has 1 aliphatic rings. The molecule has 0 bridgehead atoms. The van der Waals surface area contributed by atoms with Gasteiger partial charge in [-0.1, -0.05) is 18.2 Å². The number of nitrogens with zero attached hydrogens (tertiary/aromatic N) is 1. The Morgan fingerprint density at radius 1 is 1.05 bits per heavy atom. The second-order valence-corrected chi connectivity index (χ2v) is 4.17. The van der Waals surface area contributed by atoms with Gasteiger partial charge < -0.3 is 10.0 Å². The van der Waals surface area contributed by atoms with Gasteiger partial charge in [0.25, 0.3) is 5.91 Å². The third-order valence-corrected chi connectivity index (χ3v) is 2.66. The van der Waals surface area contributed by atoms with E-state index >= 15 is 0 Å². The molecule has 1 N–H and O–H groups in total. The van der Waals surface area contributed by atoms with E-state index in [-0.39, 0.29) is 5.91 Å². The number of benzene rings is 1. The van der Waals surface area contributed by atoms with Crippen molar-refractivity contribution in [3.63, 3.8) is 0 Å². The predicted molar refractivity (Wildman–Crippen MR) is 65.3 cm³/mol. The van der Waals surface area contributed by atoms with Crippen molar-refractivity contribution in [2.75, 3.05) is 13.1 Å². The van der Waals surface area contributed by atoms with Gasteiger partial charge in [0.05, 0.1) is 0 Å². The van der Waals surface area contributed by atoms with Gasteiger partial charge in [-0.05, 0) is 25.0 Å².